The zero-order valence-electron chi connectivity index (χ0n) is 13.6. The number of hydrogen-bond donors (Lipinski definition) is 3. The summed E-state index contributed by atoms with van der Waals surface area (Å²) in [4.78, 5) is 4.50. The molecule has 3 N–H and O–H groups in total. The Hall–Kier alpha value is -1.83. The number of aliphatic imine (C=N–C) groups is 1. The summed E-state index contributed by atoms with van der Waals surface area (Å²) in [5.41, 5.74) is 1.97. The third-order valence-corrected chi connectivity index (χ3v) is 3.30. The average Bonchev–Trinajstić information content (AvgIpc) is 2.54. The number of phenolic OH excluding ortho intramolecular Hbond substituents is 1. The van der Waals surface area contributed by atoms with Crippen molar-refractivity contribution < 1.29 is 9.50 Å². The second kappa shape index (κ2) is 10.9. The van der Waals surface area contributed by atoms with Crippen molar-refractivity contribution in [3.05, 3.63) is 65.5 Å². The van der Waals surface area contributed by atoms with Gasteiger partial charge in [-0.1, -0.05) is 24.3 Å². The highest BCUT2D eigenvalue weighted by atomic mass is 127. The molecule has 2 rings (SSSR count). The molecule has 0 heterocycles. The average molecular weight is 443 g/mol. The van der Waals surface area contributed by atoms with E-state index in [-0.39, 0.29) is 35.5 Å². The van der Waals surface area contributed by atoms with Crippen molar-refractivity contribution in [2.75, 3.05) is 13.1 Å². The molecule has 2 aromatic rings. The van der Waals surface area contributed by atoms with Gasteiger partial charge in [-0.15, -0.1) is 24.0 Å². The number of phenols is 1. The quantitative estimate of drug-likeness (QED) is 0.364. The van der Waals surface area contributed by atoms with E-state index in [9.17, 15) is 9.50 Å². The first-order valence-electron chi connectivity index (χ1n) is 7.72. The van der Waals surface area contributed by atoms with Crippen LogP contribution >= 0.6 is 24.0 Å². The van der Waals surface area contributed by atoms with E-state index < -0.39 is 0 Å². The Labute approximate surface area is 159 Å². The van der Waals surface area contributed by atoms with Crippen LogP contribution in [0.25, 0.3) is 0 Å². The van der Waals surface area contributed by atoms with E-state index in [1.165, 1.54) is 6.07 Å². The van der Waals surface area contributed by atoms with Gasteiger partial charge in [-0.2, -0.15) is 0 Å². The Bertz CT molecular complexity index is 647. The fraction of sp³-hybridized carbons (Fsp3) is 0.278. The van der Waals surface area contributed by atoms with Gasteiger partial charge in [-0.3, -0.25) is 0 Å². The maximum Gasteiger partial charge on any atom is 0.191 e. The highest BCUT2D eigenvalue weighted by Crippen LogP contribution is 2.10. The van der Waals surface area contributed by atoms with Crippen LogP contribution in [-0.4, -0.2) is 24.2 Å². The molecular formula is C18H23FIN3O. The molecular weight excluding hydrogens is 420 g/mol. The normalized spacial score (nSPS) is 10.8. The summed E-state index contributed by atoms with van der Waals surface area (Å²) in [7, 11) is 0. The van der Waals surface area contributed by atoms with Crippen molar-refractivity contribution in [2.45, 2.75) is 19.9 Å². The number of benzene rings is 2. The summed E-state index contributed by atoms with van der Waals surface area (Å²) in [5.74, 6) is 0.755. The van der Waals surface area contributed by atoms with E-state index in [1.54, 1.807) is 24.3 Å². The third-order valence-electron chi connectivity index (χ3n) is 3.30. The van der Waals surface area contributed by atoms with Gasteiger partial charge < -0.3 is 15.7 Å². The Morgan fingerprint density at radius 1 is 1.08 bits per heavy atom. The van der Waals surface area contributed by atoms with Crippen LogP contribution in [0.5, 0.6) is 5.75 Å². The van der Waals surface area contributed by atoms with Crippen LogP contribution in [0.4, 0.5) is 4.39 Å². The molecule has 0 bridgehead atoms. The largest absolute Gasteiger partial charge is 0.508 e. The number of halogens is 2. The summed E-state index contributed by atoms with van der Waals surface area (Å²) in [5, 5.41) is 15.7. The predicted molar refractivity (Wildman–Crippen MR) is 106 cm³/mol. The fourth-order valence-corrected chi connectivity index (χ4v) is 2.13. The van der Waals surface area contributed by atoms with Crippen molar-refractivity contribution in [1.82, 2.24) is 10.6 Å². The number of hydrogen-bond acceptors (Lipinski definition) is 2. The van der Waals surface area contributed by atoms with Gasteiger partial charge >= 0.3 is 0 Å². The topological polar surface area (TPSA) is 56.7 Å². The Balaban J connectivity index is 0.00000288. The molecule has 0 saturated carbocycles. The zero-order valence-corrected chi connectivity index (χ0v) is 16.0. The lowest BCUT2D eigenvalue weighted by atomic mass is 10.1. The van der Waals surface area contributed by atoms with E-state index in [1.807, 2.05) is 25.1 Å². The predicted octanol–water partition coefficient (Wildman–Crippen LogP) is 3.45. The van der Waals surface area contributed by atoms with Gasteiger partial charge in [0.05, 0.1) is 6.54 Å². The minimum Gasteiger partial charge on any atom is -0.508 e. The second-order valence-corrected chi connectivity index (χ2v) is 5.17. The first-order valence-corrected chi connectivity index (χ1v) is 7.72. The number of aromatic hydroxyl groups is 1. The van der Waals surface area contributed by atoms with Gasteiger partial charge in [0, 0.05) is 13.1 Å². The van der Waals surface area contributed by atoms with Crippen LogP contribution in [0.15, 0.2) is 53.5 Å². The zero-order chi connectivity index (χ0) is 16.5. The second-order valence-electron chi connectivity index (χ2n) is 5.17. The van der Waals surface area contributed by atoms with Gasteiger partial charge in [0.15, 0.2) is 5.96 Å². The van der Waals surface area contributed by atoms with E-state index in [2.05, 4.69) is 15.6 Å². The molecule has 0 fully saturated rings. The fourth-order valence-electron chi connectivity index (χ4n) is 2.13. The van der Waals surface area contributed by atoms with Gasteiger partial charge in [0.1, 0.15) is 11.6 Å². The number of rotatable bonds is 6. The molecule has 6 heteroatoms. The summed E-state index contributed by atoms with van der Waals surface area (Å²) in [6.07, 6.45) is 0.724. The molecule has 24 heavy (non-hydrogen) atoms. The highest BCUT2D eigenvalue weighted by molar-refractivity contribution is 14.0. The molecule has 4 nitrogen and oxygen atoms in total. The molecule has 0 radical (unpaired) electrons. The van der Waals surface area contributed by atoms with Crippen LogP contribution in [0, 0.1) is 5.82 Å². The van der Waals surface area contributed by atoms with E-state index >= 15 is 0 Å². The SMILES string of the molecule is CCNC(=NCc1ccc(O)cc1)NCCc1cccc(F)c1.I. The molecule has 2 aromatic carbocycles. The van der Waals surface area contributed by atoms with Gasteiger partial charge in [-0.05, 0) is 48.7 Å². The van der Waals surface area contributed by atoms with Gasteiger partial charge in [0.2, 0.25) is 0 Å². The molecule has 0 aromatic heterocycles. The molecule has 0 amide bonds. The summed E-state index contributed by atoms with van der Waals surface area (Å²) < 4.78 is 13.1. The smallest absolute Gasteiger partial charge is 0.191 e. The van der Waals surface area contributed by atoms with E-state index in [4.69, 9.17) is 0 Å². The standard InChI is InChI=1S/C18H22FN3O.HI/c1-2-20-18(22-13-15-6-8-17(23)9-7-15)21-11-10-14-4-3-5-16(19)12-14;/h3-9,12,23H,2,10-11,13H2,1H3,(H2,20,21,22);1H. The van der Waals surface area contributed by atoms with Crippen molar-refractivity contribution in [3.8, 4) is 5.75 Å². The van der Waals surface area contributed by atoms with Crippen LogP contribution < -0.4 is 10.6 Å². The lowest BCUT2D eigenvalue weighted by Crippen LogP contribution is -2.38. The minimum atomic E-state index is -0.213. The molecule has 0 unspecified atom stereocenters. The summed E-state index contributed by atoms with van der Waals surface area (Å²) in [6.45, 7) is 3.96. The van der Waals surface area contributed by atoms with E-state index in [0.29, 0.717) is 13.1 Å². The molecule has 130 valence electrons. The van der Waals surface area contributed by atoms with Crippen molar-refractivity contribution >= 4 is 29.9 Å². The number of guanidine groups is 1. The Morgan fingerprint density at radius 2 is 1.83 bits per heavy atom. The monoisotopic (exact) mass is 443 g/mol. The summed E-state index contributed by atoms with van der Waals surface area (Å²) >= 11 is 0. The van der Waals surface area contributed by atoms with Crippen molar-refractivity contribution in [2.24, 2.45) is 4.99 Å². The first kappa shape index (κ1) is 20.2. The van der Waals surface area contributed by atoms with Crippen LogP contribution in [0.3, 0.4) is 0 Å². The third kappa shape index (κ3) is 7.16. The van der Waals surface area contributed by atoms with Crippen LogP contribution in [0.2, 0.25) is 0 Å². The number of nitrogens with one attached hydrogen (secondary N) is 2. The maximum absolute atomic E-state index is 13.1. The Morgan fingerprint density at radius 3 is 2.50 bits per heavy atom. The molecule has 0 aliphatic heterocycles. The van der Waals surface area contributed by atoms with Crippen molar-refractivity contribution in [1.29, 1.82) is 0 Å². The molecule has 0 atom stereocenters. The summed E-state index contributed by atoms with van der Waals surface area (Å²) in [6, 6.07) is 13.6. The molecule has 0 aliphatic rings. The Kier molecular flexibility index (Phi) is 9.14. The van der Waals surface area contributed by atoms with Crippen molar-refractivity contribution in [3.63, 3.8) is 0 Å². The minimum absolute atomic E-state index is 0. The van der Waals surface area contributed by atoms with Gasteiger partial charge in [0.25, 0.3) is 0 Å². The molecule has 0 spiro atoms. The maximum atomic E-state index is 13.1. The lowest BCUT2D eigenvalue weighted by molar-refractivity contribution is 0.475. The van der Waals surface area contributed by atoms with Crippen LogP contribution in [0.1, 0.15) is 18.1 Å². The molecule has 0 aliphatic carbocycles. The van der Waals surface area contributed by atoms with Crippen LogP contribution in [-0.2, 0) is 13.0 Å². The highest BCUT2D eigenvalue weighted by Gasteiger charge is 1.99. The number of nitrogens with zero attached hydrogens (tertiary/aromatic N) is 1. The van der Waals surface area contributed by atoms with Gasteiger partial charge in [-0.25, -0.2) is 9.38 Å². The molecule has 0 saturated heterocycles. The lowest BCUT2D eigenvalue weighted by Gasteiger charge is -2.11. The first-order chi connectivity index (χ1) is 11.2. The van der Waals surface area contributed by atoms with E-state index in [0.717, 1.165) is 30.1 Å².